The van der Waals surface area contributed by atoms with Crippen molar-refractivity contribution >= 4 is 40.0 Å². The minimum atomic E-state index is -2.36. The van der Waals surface area contributed by atoms with Gasteiger partial charge in [-0.3, -0.25) is 4.79 Å². The molecule has 5 heteroatoms. The molecule has 2 rings (SSSR count). The van der Waals surface area contributed by atoms with Gasteiger partial charge in [-0.05, 0) is 25.5 Å². The number of alkyl halides is 1. The molecule has 3 nitrogen and oxygen atoms in total. The second-order valence-corrected chi connectivity index (χ2v) is 9.12. The lowest BCUT2D eigenvalue weighted by atomic mass is 10.3. The van der Waals surface area contributed by atoms with Crippen LogP contribution in [0.5, 0.6) is 0 Å². The SMILES string of the molecule is CP(C)(=O)c1ccccc1N1CC(Br)CC1=O. The van der Waals surface area contributed by atoms with Crippen LogP contribution in [0.15, 0.2) is 24.3 Å². The van der Waals surface area contributed by atoms with Gasteiger partial charge in [-0.25, -0.2) is 0 Å². The molecule has 0 saturated carbocycles. The Kier molecular flexibility index (Phi) is 3.46. The van der Waals surface area contributed by atoms with Crippen LogP contribution in [0.25, 0.3) is 0 Å². The van der Waals surface area contributed by atoms with Gasteiger partial charge in [-0.1, -0.05) is 28.1 Å². The Morgan fingerprint density at radius 2 is 2.00 bits per heavy atom. The van der Waals surface area contributed by atoms with Gasteiger partial charge in [0.2, 0.25) is 5.91 Å². The van der Waals surface area contributed by atoms with E-state index in [-0.39, 0.29) is 10.7 Å². The molecule has 1 aliphatic rings. The Morgan fingerprint density at radius 1 is 1.35 bits per heavy atom. The molecule has 17 heavy (non-hydrogen) atoms. The van der Waals surface area contributed by atoms with Gasteiger partial charge in [0.15, 0.2) is 0 Å². The van der Waals surface area contributed by atoms with Crippen LogP contribution in [0, 0.1) is 0 Å². The number of carbonyl (C=O) groups excluding carboxylic acids is 1. The van der Waals surface area contributed by atoms with Gasteiger partial charge >= 0.3 is 0 Å². The van der Waals surface area contributed by atoms with E-state index in [9.17, 15) is 9.36 Å². The molecule has 1 heterocycles. The summed E-state index contributed by atoms with van der Waals surface area (Å²) in [4.78, 5) is 13.8. The first-order valence-electron chi connectivity index (χ1n) is 5.48. The summed E-state index contributed by atoms with van der Waals surface area (Å²) >= 11 is 3.46. The van der Waals surface area contributed by atoms with Crippen molar-refractivity contribution in [3.05, 3.63) is 24.3 Å². The molecule has 0 N–H and O–H groups in total. The van der Waals surface area contributed by atoms with Crippen LogP contribution < -0.4 is 10.2 Å². The molecule has 1 saturated heterocycles. The van der Waals surface area contributed by atoms with Gasteiger partial charge in [0.1, 0.15) is 7.14 Å². The monoisotopic (exact) mass is 315 g/mol. The molecule has 0 radical (unpaired) electrons. The van der Waals surface area contributed by atoms with Gasteiger partial charge in [0, 0.05) is 23.1 Å². The quantitative estimate of drug-likeness (QED) is 0.621. The topological polar surface area (TPSA) is 37.4 Å². The number of halogens is 1. The van der Waals surface area contributed by atoms with Crippen LogP contribution in [0.3, 0.4) is 0 Å². The number of hydrogen-bond acceptors (Lipinski definition) is 2. The first-order chi connectivity index (χ1) is 7.89. The Labute approximate surface area is 110 Å². The molecule has 1 aromatic rings. The van der Waals surface area contributed by atoms with E-state index < -0.39 is 7.14 Å². The Balaban J connectivity index is 2.46. The normalized spacial score (nSPS) is 21.0. The Bertz CT molecular complexity index is 497. The van der Waals surface area contributed by atoms with E-state index in [0.29, 0.717) is 13.0 Å². The molecule has 1 fully saturated rings. The summed E-state index contributed by atoms with van der Waals surface area (Å²) in [5.41, 5.74) is 0.799. The summed E-state index contributed by atoms with van der Waals surface area (Å²) in [6.45, 7) is 4.12. The van der Waals surface area contributed by atoms with E-state index in [0.717, 1.165) is 11.0 Å². The fourth-order valence-corrected chi connectivity index (χ4v) is 3.80. The molecule has 1 aliphatic heterocycles. The first-order valence-corrected chi connectivity index (χ1v) is 9.00. The summed E-state index contributed by atoms with van der Waals surface area (Å²) < 4.78 is 12.2. The highest BCUT2D eigenvalue weighted by Gasteiger charge is 2.31. The smallest absolute Gasteiger partial charge is 0.228 e. The number of carbonyl (C=O) groups is 1. The third kappa shape index (κ3) is 2.63. The van der Waals surface area contributed by atoms with Crippen molar-refractivity contribution in [2.24, 2.45) is 0 Å². The number of benzene rings is 1. The zero-order valence-electron chi connectivity index (χ0n) is 9.89. The summed E-state index contributed by atoms with van der Waals surface area (Å²) in [7, 11) is -2.36. The highest BCUT2D eigenvalue weighted by atomic mass is 79.9. The fraction of sp³-hybridized carbons (Fsp3) is 0.417. The molecule has 0 spiro atoms. The number of rotatable bonds is 2. The minimum Gasteiger partial charge on any atom is -0.319 e. The molecule has 0 aromatic heterocycles. The van der Waals surface area contributed by atoms with Crippen LogP contribution >= 0.6 is 23.1 Å². The molecular weight excluding hydrogens is 301 g/mol. The highest BCUT2D eigenvalue weighted by molar-refractivity contribution is 9.09. The maximum Gasteiger partial charge on any atom is 0.228 e. The van der Waals surface area contributed by atoms with E-state index in [4.69, 9.17) is 0 Å². The number of hydrogen-bond donors (Lipinski definition) is 0. The van der Waals surface area contributed by atoms with Crippen molar-refractivity contribution in [2.75, 3.05) is 24.8 Å². The second kappa shape index (κ2) is 4.58. The third-order valence-electron chi connectivity index (χ3n) is 2.83. The Hall–Kier alpha value is -0.600. The standard InChI is InChI=1S/C12H15BrNO2P/c1-17(2,16)11-6-4-3-5-10(11)14-8-9(13)7-12(14)15/h3-6,9H,7-8H2,1-2H3. The molecular formula is C12H15BrNO2P. The molecule has 0 bridgehead atoms. The number of nitrogens with zero attached hydrogens (tertiary/aromatic N) is 1. The average molecular weight is 316 g/mol. The molecule has 0 aliphatic carbocycles. The van der Waals surface area contributed by atoms with Crippen molar-refractivity contribution in [2.45, 2.75) is 11.2 Å². The molecule has 1 aromatic carbocycles. The van der Waals surface area contributed by atoms with Gasteiger partial charge in [0.05, 0.1) is 5.69 Å². The lowest BCUT2D eigenvalue weighted by Gasteiger charge is -2.21. The molecule has 92 valence electrons. The molecule has 1 atom stereocenters. The molecule has 1 unspecified atom stereocenters. The van der Waals surface area contributed by atoms with Gasteiger partial charge in [-0.15, -0.1) is 0 Å². The van der Waals surface area contributed by atoms with Crippen LogP contribution in [-0.2, 0) is 9.36 Å². The van der Waals surface area contributed by atoms with Crippen LogP contribution in [0.4, 0.5) is 5.69 Å². The third-order valence-corrected chi connectivity index (χ3v) is 4.98. The maximum absolute atomic E-state index is 12.2. The number of amides is 1. The number of para-hydroxylation sites is 1. The minimum absolute atomic E-state index is 0.0905. The van der Waals surface area contributed by atoms with E-state index in [1.165, 1.54) is 0 Å². The van der Waals surface area contributed by atoms with E-state index >= 15 is 0 Å². The predicted octanol–water partition coefficient (Wildman–Crippen LogP) is 2.43. The summed E-state index contributed by atoms with van der Waals surface area (Å²) in [6.07, 6.45) is 0.506. The van der Waals surface area contributed by atoms with E-state index in [1.54, 1.807) is 18.2 Å². The highest BCUT2D eigenvalue weighted by Crippen LogP contribution is 2.39. The van der Waals surface area contributed by atoms with Crippen LogP contribution in [-0.4, -0.2) is 30.6 Å². The number of anilines is 1. The van der Waals surface area contributed by atoms with Crippen LogP contribution in [0.1, 0.15) is 6.42 Å². The van der Waals surface area contributed by atoms with Crippen LogP contribution in [0.2, 0.25) is 0 Å². The van der Waals surface area contributed by atoms with Gasteiger partial charge in [0.25, 0.3) is 0 Å². The molecule has 1 amide bonds. The average Bonchev–Trinajstić information content (AvgIpc) is 2.56. The Morgan fingerprint density at radius 3 is 2.53 bits per heavy atom. The largest absolute Gasteiger partial charge is 0.319 e. The zero-order valence-corrected chi connectivity index (χ0v) is 12.4. The zero-order chi connectivity index (χ0) is 12.6. The predicted molar refractivity (Wildman–Crippen MR) is 75.2 cm³/mol. The maximum atomic E-state index is 12.2. The lowest BCUT2D eigenvalue weighted by Crippen LogP contribution is -2.29. The lowest BCUT2D eigenvalue weighted by molar-refractivity contribution is -0.117. The fourth-order valence-electron chi connectivity index (χ4n) is 2.04. The first kappa shape index (κ1) is 12.8. The van der Waals surface area contributed by atoms with Crippen molar-refractivity contribution in [3.63, 3.8) is 0 Å². The van der Waals surface area contributed by atoms with Crippen molar-refractivity contribution in [1.82, 2.24) is 0 Å². The van der Waals surface area contributed by atoms with E-state index in [1.807, 2.05) is 24.3 Å². The summed E-state index contributed by atoms with van der Waals surface area (Å²) in [6, 6.07) is 7.47. The summed E-state index contributed by atoms with van der Waals surface area (Å²) in [5, 5.41) is 0.787. The van der Waals surface area contributed by atoms with Crippen molar-refractivity contribution in [1.29, 1.82) is 0 Å². The van der Waals surface area contributed by atoms with Gasteiger partial charge in [-0.2, -0.15) is 0 Å². The second-order valence-electron chi connectivity index (χ2n) is 4.65. The van der Waals surface area contributed by atoms with Crippen molar-refractivity contribution < 1.29 is 9.36 Å². The van der Waals surface area contributed by atoms with E-state index in [2.05, 4.69) is 15.9 Å². The van der Waals surface area contributed by atoms with Crippen molar-refractivity contribution in [3.8, 4) is 0 Å². The summed E-state index contributed by atoms with van der Waals surface area (Å²) in [5.74, 6) is 0.0905. The van der Waals surface area contributed by atoms with Gasteiger partial charge < -0.3 is 9.46 Å².